The average Bonchev–Trinajstić information content (AvgIpc) is 2.99. The summed E-state index contributed by atoms with van der Waals surface area (Å²) in [5.74, 6) is 0.681. The Bertz CT molecular complexity index is 836. The first kappa shape index (κ1) is 16.1. The second kappa shape index (κ2) is 7.18. The van der Waals surface area contributed by atoms with Gasteiger partial charge in [-0.25, -0.2) is 0 Å². The SMILES string of the molecule is Cc1cc(NC(=O)[C@H](Sc2cccc[n+]2[O-])c2ccccc2)no1. The summed E-state index contributed by atoms with van der Waals surface area (Å²) < 4.78 is 5.71. The van der Waals surface area contributed by atoms with E-state index in [4.69, 9.17) is 4.52 Å². The second-order valence-electron chi connectivity index (χ2n) is 5.09. The Morgan fingerprint density at radius 3 is 2.67 bits per heavy atom. The number of benzene rings is 1. The zero-order valence-corrected chi connectivity index (χ0v) is 13.7. The number of aryl methyl sites for hydroxylation is 1. The highest BCUT2D eigenvalue weighted by Gasteiger charge is 2.26. The van der Waals surface area contributed by atoms with Crippen molar-refractivity contribution in [2.45, 2.75) is 17.2 Å². The number of anilines is 1. The van der Waals surface area contributed by atoms with Crippen LogP contribution in [0, 0.1) is 12.1 Å². The lowest BCUT2D eigenvalue weighted by atomic mass is 10.1. The molecule has 0 saturated heterocycles. The fourth-order valence-corrected chi connectivity index (χ4v) is 3.17. The number of nitrogens with zero attached hydrogens (tertiary/aromatic N) is 2. The number of hydrogen-bond acceptors (Lipinski definition) is 5. The molecule has 122 valence electrons. The van der Waals surface area contributed by atoms with Crippen LogP contribution in [0.5, 0.6) is 0 Å². The zero-order chi connectivity index (χ0) is 16.9. The van der Waals surface area contributed by atoms with Crippen molar-refractivity contribution in [2.24, 2.45) is 0 Å². The van der Waals surface area contributed by atoms with E-state index < -0.39 is 5.25 Å². The highest BCUT2D eigenvalue weighted by Crippen LogP contribution is 2.34. The van der Waals surface area contributed by atoms with E-state index in [2.05, 4.69) is 10.5 Å². The van der Waals surface area contributed by atoms with Crippen LogP contribution >= 0.6 is 11.8 Å². The predicted molar refractivity (Wildman–Crippen MR) is 90.3 cm³/mol. The van der Waals surface area contributed by atoms with Gasteiger partial charge >= 0.3 is 0 Å². The first-order valence-electron chi connectivity index (χ1n) is 7.27. The average molecular weight is 341 g/mol. The Kier molecular flexibility index (Phi) is 4.81. The molecule has 2 heterocycles. The molecule has 1 atom stereocenters. The van der Waals surface area contributed by atoms with Crippen molar-refractivity contribution < 1.29 is 14.0 Å². The normalized spacial score (nSPS) is 11.9. The van der Waals surface area contributed by atoms with Gasteiger partial charge in [-0.1, -0.05) is 35.5 Å². The minimum Gasteiger partial charge on any atom is -0.618 e. The molecular formula is C17H15N3O3S. The number of pyridine rings is 1. The van der Waals surface area contributed by atoms with Gasteiger partial charge in [0.1, 0.15) is 11.0 Å². The van der Waals surface area contributed by atoms with E-state index in [1.807, 2.05) is 30.3 Å². The third-order valence-electron chi connectivity index (χ3n) is 3.25. The third-order valence-corrected chi connectivity index (χ3v) is 4.53. The summed E-state index contributed by atoms with van der Waals surface area (Å²) in [5.41, 5.74) is 0.795. The highest BCUT2D eigenvalue weighted by atomic mass is 32.2. The predicted octanol–water partition coefficient (Wildman–Crippen LogP) is 3.09. The molecule has 1 amide bonds. The van der Waals surface area contributed by atoms with E-state index >= 15 is 0 Å². The number of thioether (sulfide) groups is 1. The van der Waals surface area contributed by atoms with Gasteiger partial charge in [0.05, 0.1) is 0 Å². The lowest BCUT2D eigenvalue weighted by Gasteiger charge is -2.15. The van der Waals surface area contributed by atoms with E-state index in [1.54, 1.807) is 31.2 Å². The van der Waals surface area contributed by atoms with E-state index in [9.17, 15) is 10.0 Å². The maximum atomic E-state index is 12.7. The van der Waals surface area contributed by atoms with Gasteiger partial charge < -0.3 is 15.0 Å². The topological polar surface area (TPSA) is 82.1 Å². The lowest BCUT2D eigenvalue weighted by Crippen LogP contribution is -2.29. The highest BCUT2D eigenvalue weighted by molar-refractivity contribution is 8.00. The molecule has 0 saturated carbocycles. The van der Waals surface area contributed by atoms with Crippen LogP contribution in [-0.4, -0.2) is 11.1 Å². The largest absolute Gasteiger partial charge is 0.618 e. The first-order valence-corrected chi connectivity index (χ1v) is 8.15. The summed E-state index contributed by atoms with van der Waals surface area (Å²) in [6.45, 7) is 1.75. The van der Waals surface area contributed by atoms with Crippen LogP contribution in [0.25, 0.3) is 0 Å². The number of hydrogen-bond donors (Lipinski definition) is 1. The van der Waals surface area contributed by atoms with Gasteiger partial charge in [-0.05, 0) is 30.3 Å². The summed E-state index contributed by atoms with van der Waals surface area (Å²) in [5, 5.41) is 18.3. The van der Waals surface area contributed by atoms with Crippen molar-refractivity contribution in [3.63, 3.8) is 0 Å². The number of carbonyl (C=O) groups is 1. The summed E-state index contributed by atoms with van der Waals surface area (Å²) in [7, 11) is 0. The fourth-order valence-electron chi connectivity index (χ4n) is 2.14. The maximum Gasteiger partial charge on any atom is 0.252 e. The minimum atomic E-state index is -0.592. The second-order valence-corrected chi connectivity index (χ2v) is 6.21. The van der Waals surface area contributed by atoms with Crippen molar-refractivity contribution in [1.29, 1.82) is 0 Å². The van der Waals surface area contributed by atoms with Crippen molar-refractivity contribution in [3.05, 3.63) is 77.3 Å². The Morgan fingerprint density at radius 1 is 1.25 bits per heavy atom. The molecule has 0 fully saturated rings. The smallest absolute Gasteiger partial charge is 0.252 e. The zero-order valence-electron chi connectivity index (χ0n) is 12.9. The molecule has 7 heteroatoms. The van der Waals surface area contributed by atoms with Gasteiger partial charge in [0.25, 0.3) is 5.03 Å². The molecule has 6 nitrogen and oxygen atoms in total. The van der Waals surface area contributed by atoms with Crippen LogP contribution in [0.2, 0.25) is 0 Å². The van der Waals surface area contributed by atoms with E-state index in [-0.39, 0.29) is 5.91 Å². The summed E-state index contributed by atoms with van der Waals surface area (Å²) in [6, 6.07) is 16.0. The van der Waals surface area contributed by atoms with E-state index in [1.165, 1.54) is 18.0 Å². The molecule has 1 N–H and O–H groups in total. The molecule has 24 heavy (non-hydrogen) atoms. The minimum absolute atomic E-state index is 0.275. The molecule has 3 aromatic rings. The number of nitrogens with one attached hydrogen (secondary N) is 1. The summed E-state index contributed by atoms with van der Waals surface area (Å²) in [6.07, 6.45) is 1.41. The quantitative estimate of drug-likeness (QED) is 0.438. The number of amides is 1. The fraction of sp³-hybridized carbons (Fsp3) is 0.118. The van der Waals surface area contributed by atoms with Crippen LogP contribution in [0.1, 0.15) is 16.6 Å². The molecule has 3 rings (SSSR count). The van der Waals surface area contributed by atoms with Crippen LogP contribution in [0.4, 0.5) is 5.82 Å². The van der Waals surface area contributed by atoms with Crippen molar-refractivity contribution in [1.82, 2.24) is 5.16 Å². The number of aromatic nitrogens is 2. The molecule has 0 radical (unpaired) electrons. The van der Waals surface area contributed by atoms with Gasteiger partial charge in [0.15, 0.2) is 12.0 Å². The van der Waals surface area contributed by atoms with E-state index in [0.29, 0.717) is 16.6 Å². The molecule has 2 aromatic heterocycles. The van der Waals surface area contributed by atoms with Crippen molar-refractivity contribution in [3.8, 4) is 0 Å². The Morgan fingerprint density at radius 2 is 2.00 bits per heavy atom. The van der Waals surface area contributed by atoms with Gasteiger partial charge in [-0.3, -0.25) is 4.79 Å². The molecule has 0 aliphatic heterocycles. The summed E-state index contributed by atoms with van der Waals surface area (Å²) in [4.78, 5) is 12.7. The van der Waals surface area contributed by atoms with Gasteiger partial charge in [0, 0.05) is 18.2 Å². The third kappa shape index (κ3) is 3.75. The molecular weight excluding hydrogens is 326 g/mol. The monoisotopic (exact) mass is 341 g/mol. The first-order chi connectivity index (χ1) is 11.6. The van der Waals surface area contributed by atoms with Crippen LogP contribution < -0.4 is 10.0 Å². The number of rotatable bonds is 5. The Hall–Kier alpha value is -2.80. The molecule has 0 aliphatic carbocycles. The summed E-state index contributed by atoms with van der Waals surface area (Å²) >= 11 is 1.18. The van der Waals surface area contributed by atoms with E-state index in [0.717, 1.165) is 10.3 Å². The molecule has 0 aliphatic rings. The maximum absolute atomic E-state index is 12.7. The molecule has 1 aromatic carbocycles. The number of carbonyl (C=O) groups excluding carboxylic acids is 1. The van der Waals surface area contributed by atoms with Gasteiger partial charge in [0.2, 0.25) is 5.91 Å². The molecule has 0 unspecified atom stereocenters. The van der Waals surface area contributed by atoms with Crippen LogP contribution in [0.15, 0.2) is 70.3 Å². The molecule has 0 bridgehead atoms. The Balaban J connectivity index is 1.87. The Labute approximate surface area is 143 Å². The van der Waals surface area contributed by atoms with Gasteiger partial charge in [-0.2, -0.15) is 4.73 Å². The van der Waals surface area contributed by atoms with Gasteiger partial charge in [-0.15, -0.1) is 0 Å². The van der Waals surface area contributed by atoms with Crippen LogP contribution in [-0.2, 0) is 4.79 Å². The lowest BCUT2D eigenvalue weighted by molar-refractivity contribution is -0.645. The van der Waals surface area contributed by atoms with Crippen molar-refractivity contribution >= 4 is 23.5 Å². The van der Waals surface area contributed by atoms with Crippen LogP contribution in [0.3, 0.4) is 0 Å². The van der Waals surface area contributed by atoms with Crippen molar-refractivity contribution in [2.75, 3.05) is 5.32 Å². The molecule has 0 spiro atoms. The standard InChI is InChI=1S/C17H15N3O3S/c1-12-11-14(19-23-12)18-17(21)16(13-7-3-2-4-8-13)24-15-9-5-6-10-20(15)22/h2-11,16H,1H3,(H,18,19,21)/t16-/m1/s1.